The summed E-state index contributed by atoms with van der Waals surface area (Å²) in [7, 11) is 0. The SMILES string of the molecule is CC(C)[C@@H](NC(=O)c1ccccc1)C(=O)N1CCC(c2ccc(N)cc2)CC1. The maximum atomic E-state index is 13.1. The molecular formula is C23H29N3O2. The summed E-state index contributed by atoms with van der Waals surface area (Å²) in [6, 6.07) is 16.5. The standard InChI is InChI=1S/C23H29N3O2/c1-16(2)21(25-22(27)19-6-4-3-5-7-19)23(28)26-14-12-18(13-15-26)17-8-10-20(24)11-9-17/h3-11,16,18,21H,12-15,24H2,1-2H3,(H,25,27)/t21-/m1/s1. The molecule has 1 aliphatic rings. The monoisotopic (exact) mass is 379 g/mol. The lowest BCUT2D eigenvalue weighted by Crippen LogP contribution is -2.52. The molecule has 0 aliphatic carbocycles. The van der Waals surface area contributed by atoms with E-state index < -0.39 is 6.04 Å². The molecule has 1 saturated heterocycles. The third kappa shape index (κ3) is 4.71. The summed E-state index contributed by atoms with van der Waals surface area (Å²) in [6.07, 6.45) is 1.85. The molecule has 2 aromatic rings. The smallest absolute Gasteiger partial charge is 0.251 e. The van der Waals surface area contributed by atoms with Crippen LogP contribution in [0.3, 0.4) is 0 Å². The topological polar surface area (TPSA) is 75.4 Å². The number of rotatable bonds is 5. The number of nitrogen functional groups attached to an aromatic ring is 1. The van der Waals surface area contributed by atoms with Crippen LogP contribution < -0.4 is 11.1 Å². The number of hydrogen-bond acceptors (Lipinski definition) is 3. The van der Waals surface area contributed by atoms with E-state index in [1.54, 1.807) is 12.1 Å². The van der Waals surface area contributed by atoms with E-state index >= 15 is 0 Å². The molecule has 148 valence electrons. The van der Waals surface area contributed by atoms with Crippen molar-refractivity contribution in [1.82, 2.24) is 10.2 Å². The highest BCUT2D eigenvalue weighted by Crippen LogP contribution is 2.29. The highest BCUT2D eigenvalue weighted by atomic mass is 16.2. The Morgan fingerprint density at radius 1 is 1.00 bits per heavy atom. The first-order chi connectivity index (χ1) is 13.5. The molecule has 2 amide bonds. The van der Waals surface area contributed by atoms with Gasteiger partial charge in [-0.1, -0.05) is 44.2 Å². The number of amides is 2. The summed E-state index contributed by atoms with van der Waals surface area (Å²) < 4.78 is 0. The molecule has 1 fully saturated rings. The molecule has 0 spiro atoms. The Morgan fingerprint density at radius 2 is 1.61 bits per heavy atom. The second kappa shape index (κ2) is 8.91. The summed E-state index contributed by atoms with van der Waals surface area (Å²) in [5.74, 6) is 0.274. The van der Waals surface area contributed by atoms with Crippen molar-refractivity contribution in [2.75, 3.05) is 18.8 Å². The van der Waals surface area contributed by atoms with Gasteiger partial charge < -0.3 is 16.0 Å². The fourth-order valence-electron chi connectivity index (χ4n) is 3.73. The normalized spacial score (nSPS) is 16.0. The molecule has 0 radical (unpaired) electrons. The quantitative estimate of drug-likeness (QED) is 0.782. The molecule has 28 heavy (non-hydrogen) atoms. The number of carbonyl (C=O) groups is 2. The van der Waals surface area contributed by atoms with Crippen LogP contribution in [-0.2, 0) is 4.79 Å². The second-order valence-corrected chi connectivity index (χ2v) is 7.83. The minimum atomic E-state index is -0.513. The van der Waals surface area contributed by atoms with Gasteiger partial charge in [-0.3, -0.25) is 9.59 Å². The van der Waals surface area contributed by atoms with E-state index in [0.29, 0.717) is 24.6 Å². The lowest BCUT2D eigenvalue weighted by Gasteiger charge is -2.35. The summed E-state index contributed by atoms with van der Waals surface area (Å²) in [4.78, 5) is 27.5. The number of piperidine rings is 1. The van der Waals surface area contributed by atoms with Gasteiger partial charge in [0.2, 0.25) is 5.91 Å². The first kappa shape index (κ1) is 19.9. The van der Waals surface area contributed by atoms with Crippen LogP contribution in [-0.4, -0.2) is 35.8 Å². The minimum absolute atomic E-state index is 0.00929. The van der Waals surface area contributed by atoms with Gasteiger partial charge in [0.15, 0.2) is 0 Å². The Hall–Kier alpha value is -2.82. The Labute approximate surface area is 166 Å². The predicted molar refractivity (Wildman–Crippen MR) is 112 cm³/mol. The lowest BCUT2D eigenvalue weighted by molar-refractivity contribution is -0.135. The fourth-order valence-corrected chi connectivity index (χ4v) is 3.73. The second-order valence-electron chi connectivity index (χ2n) is 7.83. The van der Waals surface area contributed by atoms with Gasteiger partial charge in [0.05, 0.1) is 0 Å². The number of hydrogen-bond donors (Lipinski definition) is 2. The molecule has 1 aliphatic heterocycles. The number of likely N-dealkylation sites (tertiary alicyclic amines) is 1. The first-order valence-corrected chi connectivity index (χ1v) is 9.96. The zero-order chi connectivity index (χ0) is 20.1. The lowest BCUT2D eigenvalue weighted by atomic mass is 9.88. The molecule has 5 heteroatoms. The first-order valence-electron chi connectivity index (χ1n) is 9.96. The van der Waals surface area contributed by atoms with Gasteiger partial charge in [0.1, 0.15) is 6.04 Å². The van der Waals surface area contributed by atoms with Crippen molar-refractivity contribution in [3.05, 3.63) is 65.7 Å². The maximum Gasteiger partial charge on any atom is 0.251 e. The Morgan fingerprint density at radius 3 is 2.18 bits per heavy atom. The van der Waals surface area contributed by atoms with E-state index in [1.165, 1.54) is 5.56 Å². The van der Waals surface area contributed by atoms with Crippen LogP contribution in [0.5, 0.6) is 0 Å². The van der Waals surface area contributed by atoms with E-state index in [9.17, 15) is 9.59 Å². The van der Waals surface area contributed by atoms with Crippen LogP contribution >= 0.6 is 0 Å². The Balaban J connectivity index is 1.61. The minimum Gasteiger partial charge on any atom is -0.399 e. The molecule has 0 unspecified atom stereocenters. The summed E-state index contributed by atoms with van der Waals surface area (Å²) >= 11 is 0. The molecule has 1 heterocycles. The zero-order valence-electron chi connectivity index (χ0n) is 16.6. The highest BCUT2D eigenvalue weighted by Gasteiger charge is 2.31. The van der Waals surface area contributed by atoms with Crippen LogP contribution in [0.25, 0.3) is 0 Å². The predicted octanol–water partition coefficient (Wildman–Crippen LogP) is 3.43. The van der Waals surface area contributed by atoms with Gasteiger partial charge in [-0.05, 0) is 54.5 Å². The third-order valence-electron chi connectivity index (χ3n) is 5.47. The molecule has 0 saturated carbocycles. The van der Waals surface area contributed by atoms with Crippen molar-refractivity contribution in [1.29, 1.82) is 0 Å². The van der Waals surface area contributed by atoms with Crippen LogP contribution in [0.2, 0.25) is 0 Å². The highest BCUT2D eigenvalue weighted by molar-refractivity contribution is 5.97. The van der Waals surface area contributed by atoms with E-state index in [-0.39, 0.29) is 17.7 Å². The molecule has 1 atom stereocenters. The molecule has 5 nitrogen and oxygen atoms in total. The van der Waals surface area contributed by atoms with Gasteiger partial charge in [0.25, 0.3) is 5.91 Å². The average Bonchev–Trinajstić information content (AvgIpc) is 2.72. The van der Waals surface area contributed by atoms with Crippen molar-refractivity contribution in [3.8, 4) is 0 Å². The summed E-state index contributed by atoms with van der Waals surface area (Å²) in [5.41, 5.74) is 8.39. The van der Waals surface area contributed by atoms with Gasteiger partial charge in [-0.2, -0.15) is 0 Å². The van der Waals surface area contributed by atoms with Crippen molar-refractivity contribution < 1.29 is 9.59 Å². The number of nitrogens with two attached hydrogens (primary N) is 1. The molecule has 2 aromatic carbocycles. The van der Waals surface area contributed by atoms with E-state index in [1.807, 2.05) is 49.1 Å². The van der Waals surface area contributed by atoms with Crippen molar-refractivity contribution >= 4 is 17.5 Å². The number of carbonyl (C=O) groups excluding carboxylic acids is 2. The Bertz CT molecular complexity index is 794. The largest absolute Gasteiger partial charge is 0.399 e. The zero-order valence-corrected chi connectivity index (χ0v) is 16.6. The maximum absolute atomic E-state index is 13.1. The van der Waals surface area contributed by atoms with Crippen LogP contribution in [0.15, 0.2) is 54.6 Å². The average molecular weight is 380 g/mol. The summed E-state index contributed by atoms with van der Waals surface area (Å²) in [5, 5.41) is 2.93. The van der Waals surface area contributed by atoms with E-state index in [0.717, 1.165) is 18.5 Å². The van der Waals surface area contributed by atoms with Gasteiger partial charge in [0, 0.05) is 24.3 Å². The van der Waals surface area contributed by atoms with E-state index in [2.05, 4.69) is 17.4 Å². The number of nitrogens with zero attached hydrogens (tertiary/aromatic N) is 1. The van der Waals surface area contributed by atoms with Crippen LogP contribution in [0.4, 0.5) is 5.69 Å². The van der Waals surface area contributed by atoms with Gasteiger partial charge in [-0.25, -0.2) is 0 Å². The molecular weight excluding hydrogens is 350 g/mol. The molecule has 3 N–H and O–H groups in total. The number of benzene rings is 2. The van der Waals surface area contributed by atoms with Crippen molar-refractivity contribution in [3.63, 3.8) is 0 Å². The van der Waals surface area contributed by atoms with E-state index in [4.69, 9.17) is 5.73 Å². The Kier molecular flexibility index (Phi) is 6.34. The molecule has 0 bridgehead atoms. The molecule has 0 aromatic heterocycles. The number of anilines is 1. The van der Waals surface area contributed by atoms with Crippen molar-refractivity contribution in [2.24, 2.45) is 5.92 Å². The van der Waals surface area contributed by atoms with Crippen molar-refractivity contribution in [2.45, 2.75) is 38.6 Å². The van der Waals surface area contributed by atoms with Gasteiger partial charge >= 0.3 is 0 Å². The van der Waals surface area contributed by atoms with Crippen LogP contribution in [0.1, 0.15) is 48.5 Å². The fraction of sp³-hybridized carbons (Fsp3) is 0.391. The number of nitrogens with one attached hydrogen (secondary N) is 1. The van der Waals surface area contributed by atoms with Gasteiger partial charge in [-0.15, -0.1) is 0 Å². The molecule has 3 rings (SSSR count). The van der Waals surface area contributed by atoms with Crippen LogP contribution in [0, 0.1) is 5.92 Å². The third-order valence-corrected chi connectivity index (χ3v) is 5.47. The summed E-state index contributed by atoms with van der Waals surface area (Å²) in [6.45, 7) is 5.35.